The van der Waals surface area contributed by atoms with Crippen molar-refractivity contribution in [1.82, 2.24) is 9.47 Å². The maximum Gasteiger partial charge on any atom is 0.419 e. The molecule has 1 aromatic carbocycles. The standard InChI is InChI=1S/C18H19N3O3S/c19-17(22)16-8-7-15(25-16)13-5-3-9-20(13)10-11-21-12-4-1-2-6-14(12)24-18(21)23/h1-2,4,6-8,13H,3,5,9-11H2,(H2,19,22). The number of oxazole rings is 1. The van der Waals surface area contributed by atoms with E-state index in [1.54, 1.807) is 10.6 Å². The van der Waals surface area contributed by atoms with E-state index in [9.17, 15) is 9.59 Å². The Balaban J connectivity index is 1.52. The lowest BCUT2D eigenvalue weighted by Crippen LogP contribution is -2.29. The fraction of sp³-hybridized carbons (Fsp3) is 0.333. The van der Waals surface area contributed by atoms with E-state index >= 15 is 0 Å². The Morgan fingerprint density at radius 1 is 1.24 bits per heavy atom. The summed E-state index contributed by atoms with van der Waals surface area (Å²) in [5.41, 5.74) is 6.81. The number of amides is 1. The lowest BCUT2D eigenvalue weighted by Gasteiger charge is -2.23. The minimum Gasteiger partial charge on any atom is -0.408 e. The van der Waals surface area contributed by atoms with Gasteiger partial charge in [-0.15, -0.1) is 11.3 Å². The number of hydrogen-bond donors (Lipinski definition) is 1. The van der Waals surface area contributed by atoms with E-state index in [0.717, 1.165) is 36.3 Å². The van der Waals surface area contributed by atoms with Crippen molar-refractivity contribution in [2.75, 3.05) is 13.1 Å². The van der Waals surface area contributed by atoms with Gasteiger partial charge in [-0.05, 0) is 43.7 Å². The van der Waals surface area contributed by atoms with Crippen LogP contribution in [-0.4, -0.2) is 28.5 Å². The van der Waals surface area contributed by atoms with E-state index in [2.05, 4.69) is 4.90 Å². The molecule has 0 aliphatic carbocycles. The van der Waals surface area contributed by atoms with Crippen molar-refractivity contribution in [2.24, 2.45) is 5.73 Å². The van der Waals surface area contributed by atoms with Crippen LogP contribution in [-0.2, 0) is 6.54 Å². The number of hydrogen-bond acceptors (Lipinski definition) is 5. The Labute approximate surface area is 148 Å². The molecule has 1 aliphatic heterocycles. The van der Waals surface area contributed by atoms with Gasteiger partial charge in [0.2, 0.25) is 0 Å². The Morgan fingerprint density at radius 3 is 2.88 bits per heavy atom. The zero-order chi connectivity index (χ0) is 17.4. The molecule has 1 atom stereocenters. The van der Waals surface area contributed by atoms with Crippen molar-refractivity contribution in [2.45, 2.75) is 25.4 Å². The van der Waals surface area contributed by atoms with Gasteiger partial charge in [-0.3, -0.25) is 14.3 Å². The van der Waals surface area contributed by atoms with E-state index in [1.807, 2.05) is 30.3 Å². The molecule has 7 heteroatoms. The highest BCUT2D eigenvalue weighted by atomic mass is 32.1. The van der Waals surface area contributed by atoms with E-state index in [-0.39, 0.29) is 17.7 Å². The summed E-state index contributed by atoms with van der Waals surface area (Å²) in [5.74, 6) is -0.693. The van der Waals surface area contributed by atoms with Gasteiger partial charge in [0.25, 0.3) is 5.91 Å². The van der Waals surface area contributed by atoms with E-state index in [0.29, 0.717) is 17.0 Å². The van der Waals surface area contributed by atoms with Crippen LogP contribution >= 0.6 is 11.3 Å². The first-order valence-corrected chi connectivity index (χ1v) is 9.17. The molecule has 3 heterocycles. The van der Waals surface area contributed by atoms with E-state index in [4.69, 9.17) is 10.2 Å². The second kappa shape index (κ2) is 6.50. The van der Waals surface area contributed by atoms with Crippen molar-refractivity contribution in [3.63, 3.8) is 0 Å². The summed E-state index contributed by atoms with van der Waals surface area (Å²) < 4.78 is 6.98. The van der Waals surface area contributed by atoms with Crippen LogP contribution in [0.1, 0.15) is 33.4 Å². The summed E-state index contributed by atoms with van der Waals surface area (Å²) in [6.07, 6.45) is 2.16. The van der Waals surface area contributed by atoms with Crippen LogP contribution in [0.3, 0.4) is 0 Å². The van der Waals surface area contributed by atoms with Crippen molar-refractivity contribution >= 4 is 28.3 Å². The lowest BCUT2D eigenvalue weighted by molar-refractivity contribution is 0.100. The molecular weight excluding hydrogens is 338 g/mol. The van der Waals surface area contributed by atoms with E-state index < -0.39 is 0 Å². The number of likely N-dealkylation sites (tertiary alicyclic amines) is 1. The molecular formula is C18H19N3O3S. The molecule has 0 spiro atoms. The van der Waals surface area contributed by atoms with Crippen LogP contribution in [0.25, 0.3) is 11.1 Å². The Bertz CT molecular complexity index is 971. The van der Waals surface area contributed by atoms with Crippen LogP contribution in [0.15, 0.2) is 45.6 Å². The molecule has 1 amide bonds. The smallest absolute Gasteiger partial charge is 0.408 e. The number of nitrogens with zero attached hydrogens (tertiary/aromatic N) is 2. The molecule has 6 nitrogen and oxygen atoms in total. The van der Waals surface area contributed by atoms with Gasteiger partial charge in [0.15, 0.2) is 5.58 Å². The number of benzene rings is 1. The highest BCUT2D eigenvalue weighted by molar-refractivity contribution is 7.14. The number of primary amides is 1. The molecule has 25 heavy (non-hydrogen) atoms. The molecule has 130 valence electrons. The summed E-state index contributed by atoms with van der Waals surface area (Å²) >= 11 is 1.47. The number of carbonyl (C=O) groups is 1. The molecule has 3 aromatic rings. The number of carbonyl (C=O) groups excluding carboxylic acids is 1. The SMILES string of the molecule is NC(=O)c1ccc(C2CCCN2CCn2c(=O)oc3ccccc32)s1. The number of rotatable bonds is 5. The molecule has 0 saturated carbocycles. The molecule has 4 rings (SSSR count). The van der Waals surface area contributed by atoms with Crippen molar-refractivity contribution in [3.8, 4) is 0 Å². The zero-order valence-corrected chi connectivity index (χ0v) is 14.5. The highest BCUT2D eigenvalue weighted by Crippen LogP contribution is 2.35. The summed E-state index contributed by atoms with van der Waals surface area (Å²) in [6.45, 7) is 2.33. The van der Waals surface area contributed by atoms with Crippen molar-refractivity contribution in [3.05, 3.63) is 56.7 Å². The largest absolute Gasteiger partial charge is 0.419 e. The van der Waals surface area contributed by atoms with Crippen LogP contribution in [0.2, 0.25) is 0 Å². The lowest BCUT2D eigenvalue weighted by atomic mass is 10.2. The molecule has 1 fully saturated rings. The van der Waals surface area contributed by atoms with Gasteiger partial charge in [0.1, 0.15) is 0 Å². The summed E-state index contributed by atoms with van der Waals surface area (Å²) in [4.78, 5) is 27.6. The van der Waals surface area contributed by atoms with Gasteiger partial charge in [-0.1, -0.05) is 12.1 Å². The first kappa shape index (κ1) is 16.1. The quantitative estimate of drug-likeness (QED) is 0.761. The van der Waals surface area contributed by atoms with Gasteiger partial charge < -0.3 is 10.2 Å². The third-order valence-electron chi connectivity index (χ3n) is 4.75. The van der Waals surface area contributed by atoms with E-state index in [1.165, 1.54) is 11.3 Å². The zero-order valence-electron chi connectivity index (χ0n) is 13.7. The topological polar surface area (TPSA) is 81.5 Å². The minimum atomic E-state index is -0.378. The average molecular weight is 357 g/mol. The van der Waals surface area contributed by atoms with Crippen molar-refractivity contribution in [1.29, 1.82) is 0 Å². The van der Waals surface area contributed by atoms with Crippen LogP contribution in [0.4, 0.5) is 0 Å². The maximum atomic E-state index is 12.1. The average Bonchev–Trinajstić information content (AvgIpc) is 3.30. The second-order valence-corrected chi connectivity index (χ2v) is 7.36. The monoisotopic (exact) mass is 357 g/mol. The first-order valence-electron chi connectivity index (χ1n) is 8.35. The molecule has 2 aromatic heterocycles. The predicted molar refractivity (Wildman–Crippen MR) is 96.9 cm³/mol. The first-order chi connectivity index (χ1) is 12.1. The highest BCUT2D eigenvalue weighted by Gasteiger charge is 2.27. The number of thiophene rings is 1. The fourth-order valence-corrected chi connectivity index (χ4v) is 4.56. The van der Waals surface area contributed by atoms with Gasteiger partial charge in [-0.2, -0.15) is 0 Å². The molecule has 0 radical (unpaired) electrons. The maximum absolute atomic E-state index is 12.1. The third kappa shape index (κ3) is 3.01. The third-order valence-corrected chi connectivity index (χ3v) is 5.95. The van der Waals surface area contributed by atoms with Crippen molar-refractivity contribution < 1.29 is 9.21 Å². The van der Waals surface area contributed by atoms with Crippen LogP contribution in [0, 0.1) is 0 Å². The van der Waals surface area contributed by atoms with Gasteiger partial charge in [0.05, 0.1) is 10.4 Å². The van der Waals surface area contributed by atoms with Crippen LogP contribution < -0.4 is 11.5 Å². The predicted octanol–water partition coefficient (Wildman–Crippen LogP) is 2.59. The van der Waals surface area contributed by atoms with Gasteiger partial charge >= 0.3 is 5.76 Å². The van der Waals surface area contributed by atoms with Gasteiger partial charge in [-0.25, -0.2) is 4.79 Å². The van der Waals surface area contributed by atoms with Gasteiger partial charge in [0, 0.05) is 24.0 Å². The Kier molecular flexibility index (Phi) is 4.19. The summed E-state index contributed by atoms with van der Waals surface area (Å²) in [5, 5.41) is 0. The summed E-state index contributed by atoms with van der Waals surface area (Å²) in [7, 11) is 0. The Hall–Kier alpha value is -2.38. The Morgan fingerprint density at radius 2 is 2.08 bits per heavy atom. The molecule has 1 aliphatic rings. The molecule has 1 unspecified atom stereocenters. The second-order valence-electron chi connectivity index (χ2n) is 6.25. The number of para-hydroxylation sites is 2. The molecule has 2 N–H and O–H groups in total. The minimum absolute atomic E-state index is 0.284. The van der Waals surface area contributed by atoms with Crippen LogP contribution in [0.5, 0.6) is 0 Å². The molecule has 1 saturated heterocycles. The fourth-order valence-electron chi connectivity index (χ4n) is 3.53. The number of aromatic nitrogens is 1. The summed E-state index contributed by atoms with van der Waals surface area (Å²) in [6, 6.07) is 11.6. The number of nitrogens with two attached hydrogens (primary N) is 1. The number of fused-ring (bicyclic) bond motifs is 1. The normalized spacial score (nSPS) is 18.2. The molecule has 0 bridgehead atoms.